The summed E-state index contributed by atoms with van der Waals surface area (Å²) in [7, 11) is -1.29. The largest absolute Gasteiger partial charge is 0.300 e. The van der Waals surface area contributed by atoms with Crippen molar-refractivity contribution in [1.29, 1.82) is 0 Å². The molecule has 4 heterocycles. The van der Waals surface area contributed by atoms with Gasteiger partial charge in [-0.1, -0.05) is 11.6 Å². The molecule has 0 unspecified atom stereocenters. The molecule has 4 aromatic rings. The van der Waals surface area contributed by atoms with Gasteiger partial charge in [0.25, 0.3) is 0 Å². The topological polar surface area (TPSA) is 82.1 Å². The average Bonchev–Trinajstić information content (AvgIpc) is 3.32. The lowest BCUT2D eigenvalue weighted by atomic mass is 10.1. The first-order valence-electron chi connectivity index (χ1n) is 9.23. The molecule has 29 heavy (non-hydrogen) atoms. The summed E-state index contributed by atoms with van der Waals surface area (Å²) < 4.78 is 28.4. The normalized spacial score (nSPS) is 14.6. The lowest BCUT2D eigenvalue weighted by molar-refractivity contribution is 0.593. The molecular weight excluding hydrogens is 410 g/mol. The summed E-state index contributed by atoms with van der Waals surface area (Å²) in [5, 5.41) is 4.25. The molecule has 1 fully saturated rings. The van der Waals surface area contributed by atoms with Crippen LogP contribution in [0.1, 0.15) is 18.5 Å². The van der Waals surface area contributed by atoms with Crippen LogP contribution in [-0.2, 0) is 22.6 Å². The first kappa shape index (κ1) is 18.3. The Labute approximate surface area is 172 Å². The smallest absolute Gasteiger partial charge is 0.158 e. The monoisotopic (exact) mass is 427 g/mol. The van der Waals surface area contributed by atoms with Gasteiger partial charge in [0.15, 0.2) is 9.84 Å². The van der Waals surface area contributed by atoms with E-state index in [1.807, 2.05) is 42.2 Å². The van der Waals surface area contributed by atoms with Crippen LogP contribution in [0.4, 0.5) is 0 Å². The molecule has 5 rings (SSSR count). The van der Waals surface area contributed by atoms with E-state index in [1.165, 1.54) is 0 Å². The van der Waals surface area contributed by atoms with Crippen LogP contribution in [0, 0.1) is 0 Å². The van der Waals surface area contributed by atoms with Crippen molar-refractivity contribution in [2.45, 2.75) is 23.8 Å². The molecule has 1 aliphatic rings. The van der Waals surface area contributed by atoms with Gasteiger partial charge in [0, 0.05) is 30.6 Å². The molecule has 9 heteroatoms. The fourth-order valence-corrected chi connectivity index (χ4v) is 5.34. The number of rotatable bonds is 5. The molecule has 148 valence electrons. The van der Waals surface area contributed by atoms with Crippen molar-refractivity contribution in [2.75, 3.05) is 0 Å². The Morgan fingerprint density at radius 3 is 2.69 bits per heavy atom. The van der Waals surface area contributed by atoms with Crippen LogP contribution in [0.3, 0.4) is 0 Å². The van der Waals surface area contributed by atoms with E-state index in [9.17, 15) is 8.42 Å². The Morgan fingerprint density at radius 2 is 1.97 bits per heavy atom. The first-order chi connectivity index (χ1) is 13.9. The second kappa shape index (κ2) is 6.67. The van der Waals surface area contributed by atoms with E-state index in [-0.39, 0.29) is 16.2 Å². The molecule has 0 N–H and O–H groups in total. The minimum Gasteiger partial charge on any atom is -0.300 e. The molecule has 0 bridgehead atoms. The number of sulfone groups is 1. The van der Waals surface area contributed by atoms with Crippen molar-refractivity contribution in [3.05, 3.63) is 59.9 Å². The number of hydrogen-bond donors (Lipinski definition) is 0. The summed E-state index contributed by atoms with van der Waals surface area (Å²) in [5.41, 5.74) is 4.88. The maximum absolute atomic E-state index is 12.4. The summed E-state index contributed by atoms with van der Waals surface area (Å²) in [5.74, 6) is -0.0902. The summed E-state index contributed by atoms with van der Waals surface area (Å²) >= 11 is 6.20. The molecule has 0 spiro atoms. The van der Waals surface area contributed by atoms with Gasteiger partial charge in [0.2, 0.25) is 0 Å². The van der Waals surface area contributed by atoms with Gasteiger partial charge < -0.3 is 0 Å². The van der Waals surface area contributed by atoms with Crippen molar-refractivity contribution >= 4 is 27.1 Å². The second-order valence-corrected chi connectivity index (χ2v) is 10.0. The number of fused-ring (bicyclic) bond motifs is 1. The lowest BCUT2D eigenvalue weighted by Gasteiger charge is -2.07. The minimum absolute atomic E-state index is 0.0902. The molecule has 0 amide bonds. The summed E-state index contributed by atoms with van der Waals surface area (Å²) in [4.78, 5) is 8.74. The van der Waals surface area contributed by atoms with Crippen molar-refractivity contribution in [3.8, 4) is 22.4 Å². The summed E-state index contributed by atoms with van der Waals surface area (Å²) in [6.07, 6.45) is 8.93. The number of hydrogen-bond acceptors (Lipinski definition) is 5. The van der Waals surface area contributed by atoms with Crippen LogP contribution in [0.5, 0.6) is 0 Å². The number of imidazole rings is 1. The molecular formula is C20H18ClN5O2S. The Bertz CT molecular complexity index is 1340. The molecule has 1 saturated carbocycles. The van der Waals surface area contributed by atoms with E-state index in [1.54, 1.807) is 23.0 Å². The van der Waals surface area contributed by atoms with Crippen LogP contribution in [0.2, 0.25) is 5.15 Å². The zero-order valence-corrected chi connectivity index (χ0v) is 17.2. The third-order valence-electron chi connectivity index (χ3n) is 5.08. The van der Waals surface area contributed by atoms with Gasteiger partial charge in [0.05, 0.1) is 34.8 Å². The SMILES string of the molecule is Cn1cc(-c2ccn3c(-c4cc(Cl)nc(CS(=O)(=O)C5CC5)c4)cnc3c2)cn1. The first-order valence-corrected chi connectivity index (χ1v) is 11.3. The third kappa shape index (κ3) is 3.54. The van der Waals surface area contributed by atoms with Crippen molar-refractivity contribution in [3.63, 3.8) is 0 Å². The Morgan fingerprint density at radius 1 is 1.14 bits per heavy atom. The van der Waals surface area contributed by atoms with Crippen molar-refractivity contribution in [1.82, 2.24) is 24.1 Å². The Balaban J connectivity index is 1.53. The highest BCUT2D eigenvalue weighted by atomic mass is 35.5. The van der Waals surface area contributed by atoms with Crippen LogP contribution in [0.25, 0.3) is 28.0 Å². The van der Waals surface area contributed by atoms with Crippen molar-refractivity contribution in [2.24, 2.45) is 7.05 Å². The molecule has 7 nitrogen and oxygen atoms in total. The minimum atomic E-state index is -3.17. The van der Waals surface area contributed by atoms with Crippen LogP contribution < -0.4 is 0 Å². The fraction of sp³-hybridized carbons (Fsp3) is 0.250. The standard InChI is InChI=1S/C20H18ClN5O2S/c1-25-11-15(9-23-25)13-4-5-26-18(10-22-20(26)8-13)14-6-16(24-19(21)7-14)12-29(27,28)17-2-3-17/h4-11,17H,2-3,12H2,1H3. The summed E-state index contributed by atoms with van der Waals surface area (Å²) in [6, 6.07) is 7.50. The van der Waals surface area contributed by atoms with Crippen LogP contribution in [0.15, 0.2) is 49.1 Å². The number of aryl methyl sites for hydroxylation is 1. The predicted molar refractivity (Wildman–Crippen MR) is 111 cm³/mol. The molecule has 1 aliphatic carbocycles. The Hall–Kier alpha value is -2.71. The third-order valence-corrected chi connectivity index (χ3v) is 7.45. The second-order valence-electron chi connectivity index (χ2n) is 7.37. The molecule has 0 atom stereocenters. The van der Waals surface area contributed by atoms with Crippen LogP contribution >= 0.6 is 11.6 Å². The van der Waals surface area contributed by atoms with Gasteiger partial charge in [-0.15, -0.1) is 0 Å². The number of aromatic nitrogens is 5. The van der Waals surface area contributed by atoms with Gasteiger partial charge in [0.1, 0.15) is 10.8 Å². The van der Waals surface area contributed by atoms with Gasteiger partial charge in [-0.3, -0.25) is 9.08 Å². The van der Waals surface area contributed by atoms with E-state index in [0.29, 0.717) is 5.69 Å². The predicted octanol–water partition coefficient (Wildman–Crippen LogP) is 3.53. The number of pyridine rings is 2. The lowest BCUT2D eigenvalue weighted by Crippen LogP contribution is -2.11. The van der Waals surface area contributed by atoms with Gasteiger partial charge in [-0.25, -0.2) is 18.4 Å². The van der Waals surface area contributed by atoms with E-state index in [2.05, 4.69) is 15.1 Å². The van der Waals surface area contributed by atoms with E-state index >= 15 is 0 Å². The molecule has 0 saturated heterocycles. The van der Waals surface area contributed by atoms with Gasteiger partial charge >= 0.3 is 0 Å². The van der Waals surface area contributed by atoms with Crippen molar-refractivity contribution < 1.29 is 8.42 Å². The molecule has 0 aliphatic heterocycles. The number of halogens is 1. The van der Waals surface area contributed by atoms with Crippen LogP contribution in [-0.4, -0.2) is 37.8 Å². The Kier molecular flexibility index (Phi) is 4.22. The zero-order chi connectivity index (χ0) is 20.2. The maximum atomic E-state index is 12.4. The van der Waals surface area contributed by atoms with E-state index < -0.39 is 9.84 Å². The average molecular weight is 428 g/mol. The van der Waals surface area contributed by atoms with Gasteiger partial charge in [-0.2, -0.15) is 5.10 Å². The maximum Gasteiger partial charge on any atom is 0.158 e. The fourth-order valence-electron chi connectivity index (χ4n) is 3.47. The molecule has 0 aromatic carbocycles. The van der Waals surface area contributed by atoms with Gasteiger partial charge in [-0.05, 0) is 42.7 Å². The zero-order valence-electron chi connectivity index (χ0n) is 15.7. The highest BCUT2D eigenvalue weighted by Crippen LogP contribution is 2.32. The molecule has 0 radical (unpaired) electrons. The van der Waals surface area contributed by atoms with E-state index in [0.717, 1.165) is 40.9 Å². The highest BCUT2D eigenvalue weighted by Gasteiger charge is 2.35. The highest BCUT2D eigenvalue weighted by molar-refractivity contribution is 7.91. The van der Waals surface area contributed by atoms with E-state index in [4.69, 9.17) is 11.6 Å². The number of nitrogens with zero attached hydrogens (tertiary/aromatic N) is 5. The quantitative estimate of drug-likeness (QED) is 0.455. The molecule has 4 aromatic heterocycles. The summed E-state index contributed by atoms with van der Waals surface area (Å²) in [6.45, 7) is 0.